The minimum absolute atomic E-state index is 0.901. The molecule has 1 nitrogen and oxygen atoms in total. The molecule has 0 bridgehead atoms. The fraction of sp³-hybridized carbons (Fsp3) is 0.0769. The zero-order valence-corrected chi connectivity index (χ0v) is 11.9. The molecule has 0 heterocycles. The van der Waals surface area contributed by atoms with Crippen LogP contribution in [0, 0.1) is 0 Å². The molecule has 0 fully saturated rings. The van der Waals surface area contributed by atoms with Crippen molar-refractivity contribution in [2.45, 2.75) is 0 Å². The average molecular weight is 342 g/mol. The summed E-state index contributed by atoms with van der Waals surface area (Å²) in [4.78, 5) is 0. The lowest BCUT2D eigenvalue weighted by Crippen LogP contribution is -1.86. The van der Waals surface area contributed by atoms with E-state index < -0.39 is 0 Å². The second-order valence-electron chi connectivity index (χ2n) is 3.34. The Balaban J connectivity index is 2.74. The molecule has 3 heteroatoms. The molecule has 0 atom stereocenters. The summed E-state index contributed by atoms with van der Waals surface area (Å²) in [5.74, 6) is 0.901. The van der Waals surface area contributed by atoms with Crippen LogP contribution in [0.5, 0.6) is 5.75 Å². The van der Waals surface area contributed by atoms with Gasteiger partial charge in [0.25, 0.3) is 0 Å². The predicted molar refractivity (Wildman–Crippen MR) is 76.3 cm³/mol. The third-order valence-electron chi connectivity index (χ3n) is 2.40. The van der Waals surface area contributed by atoms with Gasteiger partial charge < -0.3 is 4.74 Å². The van der Waals surface area contributed by atoms with Crippen LogP contribution in [-0.4, -0.2) is 7.11 Å². The van der Waals surface area contributed by atoms with Crippen molar-refractivity contribution in [3.05, 3.63) is 45.4 Å². The van der Waals surface area contributed by atoms with Crippen molar-refractivity contribution in [3.8, 4) is 5.75 Å². The maximum atomic E-state index is 5.34. The van der Waals surface area contributed by atoms with Crippen molar-refractivity contribution in [2.75, 3.05) is 7.11 Å². The maximum Gasteiger partial charge on any atom is 0.126 e. The standard InChI is InChI=1S/C13H10Br2O/c1-16-12-7-6-9(8-13(14)15)10-4-2-3-5-11(10)12/h2-8H,1H3. The van der Waals surface area contributed by atoms with E-state index in [4.69, 9.17) is 4.74 Å². The molecule has 2 aromatic carbocycles. The number of halogens is 2. The zero-order valence-electron chi connectivity index (χ0n) is 8.71. The zero-order chi connectivity index (χ0) is 11.5. The van der Waals surface area contributed by atoms with Gasteiger partial charge in [0.2, 0.25) is 0 Å². The molecular weight excluding hydrogens is 332 g/mol. The smallest absolute Gasteiger partial charge is 0.126 e. The lowest BCUT2D eigenvalue weighted by molar-refractivity contribution is 0.420. The van der Waals surface area contributed by atoms with Crippen LogP contribution in [0.2, 0.25) is 0 Å². The highest BCUT2D eigenvalue weighted by molar-refractivity contribution is 9.28. The largest absolute Gasteiger partial charge is 0.496 e. The van der Waals surface area contributed by atoms with Gasteiger partial charge in [-0.2, -0.15) is 0 Å². The molecule has 0 aromatic heterocycles. The summed E-state index contributed by atoms with van der Waals surface area (Å²) in [7, 11) is 1.69. The molecule has 0 N–H and O–H groups in total. The van der Waals surface area contributed by atoms with E-state index in [0.717, 1.165) is 20.1 Å². The first-order valence-corrected chi connectivity index (χ1v) is 6.39. The molecule has 0 aliphatic carbocycles. The van der Waals surface area contributed by atoms with Crippen molar-refractivity contribution in [1.29, 1.82) is 0 Å². The van der Waals surface area contributed by atoms with Crippen LogP contribution in [0.4, 0.5) is 0 Å². The van der Waals surface area contributed by atoms with Crippen LogP contribution in [0.3, 0.4) is 0 Å². The number of benzene rings is 2. The molecule has 16 heavy (non-hydrogen) atoms. The van der Waals surface area contributed by atoms with Crippen molar-refractivity contribution in [3.63, 3.8) is 0 Å². The number of ether oxygens (including phenoxy) is 1. The van der Waals surface area contributed by atoms with Gasteiger partial charge in [-0.1, -0.05) is 30.3 Å². The fourth-order valence-corrected chi connectivity index (χ4v) is 2.21. The van der Waals surface area contributed by atoms with Gasteiger partial charge in [0.1, 0.15) is 5.75 Å². The van der Waals surface area contributed by atoms with Gasteiger partial charge in [-0.25, -0.2) is 0 Å². The molecule has 0 saturated carbocycles. The van der Waals surface area contributed by atoms with Crippen LogP contribution >= 0.6 is 31.9 Å². The molecule has 0 amide bonds. The first-order chi connectivity index (χ1) is 7.72. The topological polar surface area (TPSA) is 9.23 Å². The van der Waals surface area contributed by atoms with Gasteiger partial charge in [-0.3, -0.25) is 0 Å². The lowest BCUT2D eigenvalue weighted by Gasteiger charge is -2.07. The summed E-state index contributed by atoms with van der Waals surface area (Å²) < 4.78 is 6.27. The molecule has 0 aliphatic rings. The van der Waals surface area contributed by atoms with Crippen LogP contribution in [0.25, 0.3) is 16.8 Å². The number of rotatable bonds is 2. The predicted octanol–water partition coefficient (Wildman–Crippen LogP) is 4.94. The maximum absolute atomic E-state index is 5.34. The first-order valence-electron chi connectivity index (χ1n) is 4.81. The molecule has 82 valence electrons. The Kier molecular flexibility index (Phi) is 3.66. The molecule has 2 rings (SSSR count). The monoisotopic (exact) mass is 340 g/mol. The average Bonchev–Trinajstić information content (AvgIpc) is 2.29. The molecule has 0 spiro atoms. The van der Waals surface area contributed by atoms with Crippen molar-refractivity contribution < 1.29 is 4.74 Å². The number of fused-ring (bicyclic) bond motifs is 1. The number of hydrogen-bond acceptors (Lipinski definition) is 1. The van der Waals surface area contributed by atoms with E-state index in [2.05, 4.69) is 44.0 Å². The van der Waals surface area contributed by atoms with Crippen LogP contribution in [0.15, 0.2) is 39.8 Å². The highest BCUT2D eigenvalue weighted by Crippen LogP contribution is 2.30. The Hall–Kier alpha value is -0.800. The second-order valence-corrected chi connectivity index (χ2v) is 6.11. The van der Waals surface area contributed by atoms with Crippen molar-refractivity contribution in [2.24, 2.45) is 0 Å². The third-order valence-corrected chi connectivity index (χ3v) is 2.86. The summed E-state index contributed by atoms with van der Waals surface area (Å²) in [6.07, 6.45) is 2.03. The number of hydrogen-bond donors (Lipinski definition) is 0. The number of methoxy groups -OCH3 is 1. The second kappa shape index (κ2) is 5.02. The molecular formula is C13H10Br2O. The van der Waals surface area contributed by atoms with E-state index in [1.165, 1.54) is 5.39 Å². The SMILES string of the molecule is COc1ccc(C=C(Br)Br)c2ccccc12. The van der Waals surface area contributed by atoms with Crippen molar-refractivity contribution in [1.82, 2.24) is 0 Å². The Morgan fingerprint density at radius 2 is 1.75 bits per heavy atom. The first kappa shape index (κ1) is 11.7. The summed E-state index contributed by atoms with van der Waals surface area (Å²) in [5.41, 5.74) is 1.15. The van der Waals surface area contributed by atoms with E-state index in [0.29, 0.717) is 0 Å². The van der Waals surface area contributed by atoms with Gasteiger partial charge in [-0.15, -0.1) is 0 Å². The summed E-state index contributed by atoms with van der Waals surface area (Å²) >= 11 is 6.76. The molecule has 0 aliphatic heterocycles. The minimum atomic E-state index is 0.901. The van der Waals surface area contributed by atoms with Crippen molar-refractivity contribution >= 4 is 48.7 Å². The summed E-state index contributed by atoms with van der Waals surface area (Å²) in [6.45, 7) is 0. The van der Waals surface area contributed by atoms with Gasteiger partial charge in [0.05, 0.1) is 10.5 Å². The molecule has 0 saturated heterocycles. The van der Waals surface area contributed by atoms with E-state index in [-0.39, 0.29) is 0 Å². The van der Waals surface area contributed by atoms with E-state index in [9.17, 15) is 0 Å². The van der Waals surface area contributed by atoms with Gasteiger partial charge >= 0.3 is 0 Å². The fourth-order valence-electron chi connectivity index (χ4n) is 1.72. The van der Waals surface area contributed by atoms with Crippen LogP contribution in [-0.2, 0) is 0 Å². The Bertz CT molecular complexity index is 543. The van der Waals surface area contributed by atoms with Gasteiger partial charge in [-0.05, 0) is 55.0 Å². The molecule has 0 unspecified atom stereocenters. The van der Waals surface area contributed by atoms with Gasteiger partial charge in [0, 0.05) is 5.39 Å². The Morgan fingerprint density at radius 1 is 1.06 bits per heavy atom. The third kappa shape index (κ3) is 2.30. The summed E-state index contributed by atoms with van der Waals surface area (Å²) in [5, 5.41) is 2.30. The summed E-state index contributed by atoms with van der Waals surface area (Å²) in [6, 6.07) is 12.2. The molecule has 2 aromatic rings. The quantitative estimate of drug-likeness (QED) is 0.752. The Labute approximate surface area is 111 Å². The lowest BCUT2D eigenvalue weighted by atomic mass is 10.0. The molecule has 0 radical (unpaired) electrons. The van der Waals surface area contributed by atoms with Gasteiger partial charge in [0.15, 0.2) is 0 Å². The van der Waals surface area contributed by atoms with E-state index in [1.54, 1.807) is 7.11 Å². The van der Waals surface area contributed by atoms with Crippen LogP contribution in [0.1, 0.15) is 5.56 Å². The van der Waals surface area contributed by atoms with E-state index >= 15 is 0 Å². The normalized spacial score (nSPS) is 10.2. The van der Waals surface area contributed by atoms with E-state index in [1.807, 2.05) is 30.3 Å². The minimum Gasteiger partial charge on any atom is -0.496 e. The highest BCUT2D eigenvalue weighted by atomic mass is 79.9. The van der Waals surface area contributed by atoms with Crippen LogP contribution < -0.4 is 4.74 Å². The Morgan fingerprint density at radius 3 is 2.38 bits per heavy atom. The highest BCUT2D eigenvalue weighted by Gasteiger charge is 2.04.